The SMILES string of the molecule is Cc1ccccc1-c1cc2nc3ccccc3cc2c(N)c1-c1ccccc1C. The highest BCUT2D eigenvalue weighted by Crippen LogP contribution is 2.43. The maximum absolute atomic E-state index is 6.86. The number of fused-ring (bicyclic) bond motifs is 2. The maximum Gasteiger partial charge on any atom is 0.0737 e. The van der Waals surface area contributed by atoms with Gasteiger partial charge in [-0.3, -0.25) is 0 Å². The molecule has 0 radical (unpaired) electrons. The Balaban J connectivity index is 1.95. The van der Waals surface area contributed by atoms with Crippen molar-refractivity contribution in [3.8, 4) is 22.3 Å². The van der Waals surface area contributed by atoms with Crippen molar-refractivity contribution in [1.82, 2.24) is 4.98 Å². The van der Waals surface area contributed by atoms with Gasteiger partial charge in [-0.15, -0.1) is 0 Å². The van der Waals surface area contributed by atoms with Crippen molar-refractivity contribution >= 4 is 27.5 Å². The first-order valence-corrected chi connectivity index (χ1v) is 9.87. The lowest BCUT2D eigenvalue weighted by molar-refractivity contribution is 1.43. The number of hydrogen-bond donors (Lipinski definition) is 1. The van der Waals surface area contributed by atoms with Gasteiger partial charge >= 0.3 is 0 Å². The highest BCUT2D eigenvalue weighted by Gasteiger charge is 2.18. The Labute approximate surface area is 170 Å². The summed E-state index contributed by atoms with van der Waals surface area (Å²) in [5.74, 6) is 0. The van der Waals surface area contributed by atoms with E-state index in [1.54, 1.807) is 0 Å². The molecule has 0 aliphatic heterocycles. The summed E-state index contributed by atoms with van der Waals surface area (Å²) in [6.07, 6.45) is 0. The summed E-state index contributed by atoms with van der Waals surface area (Å²) in [6.45, 7) is 4.28. The maximum atomic E-state index is 6.86. The first-order chi connectivity index (χ1) is 14.1. The molecular weight excluding hydrogens is 352 g/mol. The summed E-state index contributed by atoms with van der Waals surface area (Å²) in [4.78, 5) is 4.93. The number of rotatable bonds is 2. The number of aromatic nitrogens is 1. The Kier molecular flexibility index (Phi) is 4.06. The van der Waals surface area contributed by atoms with Gasteiger partial charge in [-0.2, -0.15) is 0 Å². The molecule has 0 atom stereocenters. The Morgan fingerprint density at radius 2 is 1.24 bits per heavy atom. The molecule has 2 N–H and O–H groups in total. The van der Waals surface area contributed by atoms with E-state index in [0.717, 1.165) is 38.6 Å². The average Bonchev–Trinajstić information content (AvgIpc) is 2.74. The second-order valence-electron chi connectivity index (χ2n) is 7.59. The van der Waals surface area contributed by atoms with E-state index < -0.39 is 0 Å². The largest absolute Gasteiger partial charge is 0.398 e. The van der Waals surface area contributed by atoms with E-state index >= 15 is 0 Å². The van der Waals surface area contributed by atoms with E-state index in [-0.39, 0.29) is 0 Å². The van der Waals surface area contributed by atoms with Gasteiger partial charge in [0.05, 0.1) is 11.0 Å². The van der Waals surface area contributed by atoms with E-state index in [0.29, 0.717) is 0 Å². The molecule has 0 saturated heterocycles. The van der Waals surface area contributed by atoms with Crippen LogP contribution in [0.4, 0.5) is 5.69 Å². The highest BCUT2D eigenvalue weighted by molar-refractivity contribution is 6.09. The molecule has 4 aromatic carbocycles. The summed E-state index contributed by atoms with van der Waals surface area (Å²) >= 11 is 0. The molecule has 0 saturated carbocycles. The van der Waals surface area contributed by atoms with Gasteiger partial charge in [-0.1, -0.05) is 66.7 Å². The van der Waals surface area contributed by atoms with E-state index in [9.17, 15) is 0 Å². The number of aryl methyl sites for hydroxylation is 2. The second-order valence-corrected chi connectivity index (χ2v) is 7.59. The zero-order chi connectivity index (χ0) is 20.0. The van der Waals surface area contributed by atoms with Crippen molar-refractivity contribution in [2.75, 3.05) is 5.73 Å². The first kappa shape index (κ1) is 17.4. The molecule has 140 valence electrons. The molecular formula is C27H22N2. The monoisotopic (exact) mass is 374 g/mol. The van der Waals surface area contributed by atoms with Crippen molar-refractivity contribution in [2.45, 2.75) is 13.8 Å². The summed E-state index contributed by atoms with van der Waals surface area (Å²) < 4.78 is 0. The van der Waals surface area contributed by atoms with Crippen LogP contribution in [0.3, 0.4) is 0 Å². The van der Waals surface area contributed by atoms with Crippen LogP contribution >= 0.6 is 0 Å². The Morgan fingerprint density at radius 1 is 0.621 bits per heavy atom. The lowest BCUT2D eigenvalue weighted by Gasteiger charge is -2.19. The molecule has 0 spiro atoms. The fourth-order valence-electron chi connectivity index (χ4n) is 4.18. The van der Waals surface area contributed by atoms with Crippen LogP contribution in [-0.4, -0.2) is 4.98 Å². The Bertz CT molecular complexity index is 1380. The van der Waals surface area contributed by atoms with Crippen molar-refractivity contribution in [3.63, 3.8) is 0 Å². The van der Waals surface area contributed by atoms with Crippen LogP contribution in [0, 0.1) is 13.8 Å². The normalized spacial score (nSPS) is 11.2. The Hall–Kier alpha value is -3.65. The van der Waals surface area contributed by atoms with Crippen LogP contribution in [0.1, 0.15) is 11.1 Å². The predicted octanol–water partition coefficient (Wildman–Crippen LogP) is 6.92. The minimum atomic E-state index is 0.785. The fraction of sp³-hybridized carbons (Fsp3) is 0.0741. The van der Waals surface area contributed by atoms with Gasteiger partial charge in [0.15, 0.2) is 0 Å². The minimum absolute atomic E-state index is 0.785. The Morgan fingerprint density at radius 3 is 1.97 bits per heavy atom. The molecule has 29 heavy (non-hydrogen) atoms. The number of para-hydroxylation sites is 1. The molecule has 0 aliphatic carbocycles. The lowest BCUT2D eigenvalue weighted by Crippen LogP contribution is -1.99. The van der Waals surface area contributed by atoms with E-state index in [1.807, 2.05) is 18.2 Å². The molecule has 5 aromatic rings. The quantitative estimate of drug-likeness (QED) is 0.269. The lowest BCUT2D eigenvalue weighted by atomic mass is 9.87. The van der Waals surface area contributed by atoms with Crippen LogP contribution < -0.4 is 5.73 Å². The molecule has 1 aromatic heterocycles. The first-order valence-electron chi connectivity index (χ1n) is 9.87. The van der Waals surface area contributed by atoms with Gasteiger partial charge in [0.2, 0.25) is 0 Å². The fourth-order valence-corrected chi connectivity index (χ4v) is 4.18. The van der Waals surface area contributed by atoms with Gasteiger partial charge in [0.25, 0.3) is 0 Å². The van der Waals surface area contributed by atoms with E-state index in [2.05, 4.69) is 80.6 Å². The third-order valence-electron chi connectivity index (χ3n) is 5.71. The topological polar surface area (TPSA) is 38.9 Å². The molecule has 0 unspecified atom stereocenters. The van der Waals surface area contributed by atoms with E-state index in [1.165, 1.54) is 22.3 Å². The molecule has 2 heteroatoms. The highest BCUT2D eigenvalue weighted by atomic mass is 14.7. The number of pyridine rings is 1. The molecule has 0 bridgehead atoms. The number of nitrogens with zero attached hydrogens (tertiary/aromatic N) is 1. The van der Waals surface area contributed by atoms with Crippen molar-refractivity contribution in [2.24, 2.45) is 0 Å². The zero-order valence-corrected chi connectivity index (χ0v) is 16.6. The predicted molar refractivity (Wildman–Crippen MR) is 124 cm³/mol. The molecule has 0 amide bonds. The number of benzene rings is 4. The van der Waals surface area contributed by atoms with Crippen LogP contribution in [0.2, 0.25) is 0 Å². The van der Waals surface area contributed by atoms with Crippen molar-refractivity contribution in [1.29, 1.82) is 0 Å². The van der Waals surface area contributed by atoms with Crippen LogP contribution in [0.25, 0.3) is 44.1 Å². The summed E-state index contributed by atoms with van der Waals surface area (Å²) in [5.41, 5.74) is 16.6. The van der Waals surface area contributed by atoms with Gasteiger partial charge < -0.3 is 5.73 Å². The summed E-state index contributed by atoms with van der Waals surface area (Å²) in [6, 6.07) is 29.5. The van der Waals surface area contributed by atoms with Gasteiger partial charge in [0, 0.05) is 22.0 Å². The number of hydrogen-bond acceptors (Lipinski definition) is 2. The molecule has 0 aliphatic rings. The smallest absolute Gasteiger partial charge is 0.0737 e. The van der Waals surface area contributed by atoms with Crippen LogP contribution in [-0.2, 0) is 0 Å². The minimum Gasteiger partial charge on any atom is -0.398 e. The molecule has 0 fully saturated rings. The summed E-state index contributed by atoms with van der Waals surface area (Å²) in [5, 5.41) is 2.10. The van der Waals surface area contributed by atoms with Crippen molar-refractivity contribution in [3.05, 3.63) is 96.1 Å². The van der Waals surface area contributed by atoms with Crippen LogP contribution in [0.15, 0.2) is 84.9 Å². The molecule has 1 heterocycles. The molecule has 5 rings (SSSR count). The van der Waals surface area contributed by atoms with Gasteiger partial charge in [0.1, 0.15) is 0 Å². The second kappa shape index (κ2) is 6.75. The third kappa shape index (κ3) is 2.85. The average molecular weight is 374 g/mol. The summed E-state index contributed by atoms with van der Waals surface area (Å²) in [7, 11) is 0. The number of anilines is 1. The number of nitrogen functional groups attached to an aromatic ring is 1. The van der Waals surface area contributed by atoms with Crippen LogP contribution in [0.5, 0.6) is 0 Å². The molecule has 2 nitrogen and oxygen atoms in total. The van der Waals surface area contributed by atoms with E-state index in [4.69, 9.17) is 10.7 Å². The van der Waals surface area contributed by atoms with Gasteiger partial charge in [-0.25, -0.2) is 4.98 Å². The van der Waals surface area contributed by atoms with Gasteiger partial charge in [-0.05, 0) is 59.9 Å². The number of nitrogens with two attached hydrogens (primary N) is 1. The standard InChI is InChI=1S/C27H22N2/c1-17-9-3-6-12-20(17)22-16-25-23(15-19-11-5-8-14-24(19)29-25)27(28)26(22)21-13-7-4-10-18(21)2/h3-16H,28H2,1-2H3. The van der Waals surface area contributed by atoms with Crippen molar-refractivity contribution < 1.29 is 0 Å². The zero-order valence-electron chi connectivity index (χ0n) is 16.6. The third-order valence-corrected chi connectivity index (χ3v) is 5.71.